The van der Waals surface area contributed by atoms with Crippen molar-refractivity contribution in [3.8, 4) is 0 Å². The molecule has 3 nitrogen and oxygen atoms in total. The minimum absolute atomic E-state index is 0.113. The van der Waals surface area contributed by atoms with E-state index < -0.39 is 0 Å². The molecule has 0 aromatic carbocycles. The number of carbonyl (C=O) groups is 1. The molecular weight excluding hydrogens is 140 g/mol. The Hall–Kier alpha value is -1.25. The van der Waals surface area contributed by atoms with Gasteiger partial charge in [0.15, 0.2) is 0 Å². The van der Waals surface area contributed by atoms with Crippen LogP contribution < -0.4 is 5.32 Å². The van der Waals surface area contributed by atoms with Crippen molar-refractivity contribution in [3.63, 3.8) is 0 Å². The molecule has 3 heteroatoms. The van der Waals surface area contributed by atoms with Gasteiger partial charge in [-0.25, -0.2) is 0 Å². The fourth-order valence-electron chi connectivity index (χ4n) is 0.542. The maximum absolute atomic E-state index is 10.5. The van der Waals surface area contributed by atoms with Crippen molar-refractivity contribution in [1.29, 1.82) is 0 Å². The second-order valence-electron chi connectivity index (χ2n) is 1.86. The van der Waals surface area contributed by atoms with Gasteiger partial charge in [0.05, 0.1) is 0 Å². The molecular formula is C8H14N2O. The van der Waals surface area contributed by atoms with Crippen molar-refractivity contribution in [2.45, 2.75) is 13.8 Å². The maximum atomic E-state index is 10.5. The van der Waals surface area contributed by atoms with Gasteiger partial charge in [0.2, 0.25) is 0 Å². The molecule has 0 radical (unpaired) electrons. The van der Waals surface area contributed by atoms with Crippen LogP contribution in [0.3, 0.4) is 0 Å². The molecule has 1 N–H and O–H groups in total. The summed E-state index contributed by atoms with van der Waals surface area (Å²) in [6, 6.07) is 0. The lowest BCUT2D eigenvalue weighted by molar-refractivity contribution is -0.116. The molecule has 1 amide bonds. The highest BCUT2D eigenvalue weighted by atomic mass is 16.1. The van der Waals surface area contributed by atoms with Gasteiger partial charge in [0, 0.05) is 19.3 Å². The van der Waals surface area contributed by atoms with Crippen molar-refractivity contribution in [1.82, 2.24) is 10.2 Å². The normalized spacial score (nSPS) is 15.4. The summed E-state index contributed by atoms with van der Waals surface area (Å²) >= 11 is 0. The maximum Gasteiger partial charge on any atom is 0.250 e. The monoisotopic (exact) mass is 154 g/mol. The number of hydrogen-bond donors (Lipinski definition) is 1. The van der Waals surface area contributed by atoms with Crippen molar-refractivity contribution in [2.24, 2.45) is 0 Å². The highest BCUT2D eigenvalue weighted by Crippen LogP contribution is 1.99. The summed E-state index contributed by atoms with van der Waals surface area (Å²) in [5.41, 5.74) is 0. The van der Waals surface area contributed by atoms with E-state index in [9.17, 15) is 4.79 Å². The van der Waals surface area contributed by atoms with Gasteiger partial charge < -0.3 is 10.2 Å². The van der Waals surface area contributed by atoms with Crippen LogP contribution in [0.15, 0.2) is 24.7 Å². The van der Waals surface area contributed by atoms with E-state index in [-0.39, 0.29) is 5.91 Å². The zero-order chi connectivity index (χ0) is 8.85. The molecule has 11 heavy (non-hydrogen) atoms. The van der Waals surface area contributed by atoms with Gasteiger partial charge in [0.1, 0.15) is 5.82 Å². The predicted molar refractivity (Wildman–Crippen MR) is 45.5 cm³/mol. The van der Waals surface area contributed by atoms with Crippen LogP contribution in [-0.2, 0) is 4.79 Å². The van der Waals surface area contributed by atoms with Crippen molar-refractivity contribution >= 4 is 5.91 Å². The second kappa shape index (κ2) is 4.55. The smallest absolute Gasteiger partial charge is 0.250 e. The molecule has 0 fully saturated rings. The quantitative estimate of drug-likeness (QED) is 0.566. The van der Waals surface area contributed by atoms with Crippen molar-refractivity contribution in [2.75, 3.05) is 7.05 Å². The van der Waals surface area contributed by atoms with E-state index in [1.54, 1.807) is 11.1 Å². The summed E-state index contributed by atoms with van der Waals surface area (Å²) in [5.74, 6) is 0.501. The summed E-state index contributed by atoms with van der Waals surface area (Å²) in [5, 5.41) is 2.53. The van der Waals surface area contributed by atoms with Gasteiger partial charge in [-0.1, -0.05) is 20.4 Å². The van der Waals surface area contributed by atoms with Crippen LogP contribution in [0.5, 0.6) is 0 Å². The Morgan fingerprint density at radius 1 is 1.55 bits per heavy atom. The molecule has 0 aliphatic carbocycles. The Bertz CT molecular complexity index is 185. The fourth-order valence-corrected chi connectivity index (χ4v) is 0.542. The average Bonchev–Trinajstić information content (AvgIpc) is 2.02. The summed E-state index contributed by atoms with van der Waals surface area (Å²) < 4.78 is 0. The SMILES string of the molecule is C=C1NC(=O)C=CN1C.CC. The van der Waals surface area contributed by atoms with Crippen LogP contribution in [0.1, 0.15) is 13.8 Å². The van der Waals surface area contributed by atoms with Gasteiger partial charge in [0.25, 0.3) is 5.91 Å². The number of nitrogens with zero attached hydrogens (tertiary/aromatic N) is 1. The number of nitrogens with one attached hydrogen (secondary N) is 1. The first-order valence-electron chi connectivity index (χ1n) is 3.61. The molecule has 0 unspecified atom stereocenters. The molecule has 62 valence electrons. The molecule has 1 aliphatic rings. The molecule has 1 aliphatic heterocycles. The van der Waals surface area contributed by atoms with Gasteiger partial charge in [-0.3, -0.25) is 4.79 Å². The largest absolute Gasteiger partial charge is 0.338 e. The van der Waals surface area contributed by atoms with Crippen LogP contribution in [-0.4, -0.2) is 17.9 Å². The van der Waals surface area contributed by atoms with E-state index in [4.69, 9.17) is 0 Å². The first-order valence-corrected chi connectivity index (χ1v) is 3.61. The number of hydrogen-bond acceptors (Lipinski definition) is 2. The second-order valence-corrected chi connectivity index (χ2v) is 1.86. The third-order valence-electron chi connectivity index (χ3n) is 1.14. The Balaban J connectivity index is 0.000000461. The van der Waals surface area contributed by atoms with E-state index in [1.807, 2.05) is 20.9 Å². The minimum atomic E-state index is -0.113. The van der Waals surface area contributed by atoms with E-state index in [0.717, 1.165) is 0 Å². The molecule has 0 saturated heterocycles. The van der Waals surface area contributed by atoms with E-state index in [1.165, 1.54) is 6.08 Å². The van der Waals surface area contributed by atoms with E-state index in [2.05, 4.69) is 11.9 Å². The first-order chi connectivity index (χ1) is 5.20. The highest BCUT2D eigenvalue weighted by molar-refractivity contribution is 5.89. The summed E-state index contributed by atoms with van der Waals surface area (Å²) in [6.07, 6.45) is 3.12. The minimum Gasteiger partial charge on any atom is -0.338 e. The molecule has 0 aromatic rings. The van der Waals surface area contributed by atoms with Crippen LogP contribution in [0.25, 0.3) is 0 Å². The predicted octanol–water partition coefficient (Wildman–Crippen LogP) is 1.06. The van der Waals surface area contributed by atoms with Gasteiger partial charge in [-0.05, 0) is 0 Å². The zero-order valence-electron chi connectivity index (χ0n) is 7.22. The summed E-state index contributed by atoms with van der Waals surface area (Å²) in [7, 11) is 1.82. The lowest BCUT2D eigenvalue weighted by atomic mass is 10.4. The van der Waals surface area contributed by atoms with Crippen LogP contribution in [0.4, 0.5) is 0 Å². The molecule has 0 saturated carbocycles. The van der Waals surface area contributed by atoms with Gasteiger partial charge in [-0.15, -0.1) is 0 Å². The highest BCUT2D eigenvalue weighted by Gasteiger charge is 2.06. The number of amides is 1. The third-order valence-corrected chi connectivity index (χ3v) is 1.14. The molecule has 0 atom stereocenters. The van der Waals surface area contributed by atoms with E-state index >= 15 is 0 Å². The Morgan fingerprint density at radius 2 is 2.09 bits per heavy atom. The molecule has 1 rings (SSSR count). The van der Waals surface area contributed by atoms with Crippen molar-refractivity contribution in [3.05, 3.63) is 24.7 Å². The number of carbonyl (C=O) groups excluding carboxylic acids is 1. The molecule has 0 aromatic heterocycles. The van der Waals surface area contributed by atoms with Crippen LogP contribution >= 0.6 is 0 Å². The Morgan fingerprint density at radius 3 is 2.45 bits per heavy atom. The zero-order valence-corrected chi connectivity index (χ0v) is 7.22. The molecule has 0 spiro atoms. The summed E-state index contributed by atoms with van der Waals surface area (Å²) in [6.45, 7) is 7.59. The van der Waals surface area contributed by atoms with Crippen molar-refractivity contribution < 1.29 is 4.79 Å². The van der Waals surface area contributed by atoms with Gasteiger partial charge >= 0.3 is 0 Å². The number of rotatable bonds is 0. The van der Waals surface area contributed by atoms with Crippen LogP contribution in [0, 0.1) is 0 Å². The standard InChI is InChI=1S/C6H8N2O.C2H6/c1-5-7-6(9)3-4-8(5)2;1-2/h3-4H,1H2,2H3,(H,7,9);1-2H3. The Labute approximate surface area is 67.4 Å². The van der Waals surface area contributed by atoms with E-state index in [0.29, 0.717) is 5.82 Å². The lowest BCUT2D eigenvalue weighted by Crippen LogP contribution is -2.32. The fraction of sp³-hybridized carbons (Fsp3) is 0.375. The average molecular weight is 154 g/mol. The summed E-state index contributed by atoms with van der Waals surface area (Å²) in [4.78, 5) is 12.3. The van der Waals surface area contributed by atoms with Crippen LogP contribution in [0.2, 0.25) is 0 Å². The Kier molecular flexibility index (Phi) is 4.03. The molecule has 0 bridgehead atoms. The third kappa shape index (κ3) is 2.89. The molecule has 1 heterocycles. The topological polar surface area (TPSA) is 32.3 Å². The van der Waals surface area contributed by atoms with Gasteiger partial charge in [-0.2, -0.15) is 0 Å². The first kappa shape index (κ1) is 9.75. The lowest BCUT2D eigenvalue weighted by Gasteiger charge is -2.20.